The van der Waals surface area contributed by atoms with Crippen LogP contribution in [-0.2, 0) is 80.6 Å². The normalized spacial score (nSPS) is 12.9. The summed E-state index contributed by atoms with van der Waals surface area (Å²) in [6.45, 7) is 38.8. The van der Waals surface area contributed by atoms with Gasteiger partial charge in [-0.15, -0.1) is 0 Å². The van der Waals surface area contributed by atoms with Crippen molar-refractivity contribution in [2.75, 3.05) is 59.7 Å². The molecule has 0 aliphatic heterocycles. The Morgan fingerprint density at radius 3 is 0.833 bits per heavy atom. The summed E-state index contributed by atoms with van der Waals surface area (Å²) >= 11 is 0. The molecule has 4 N–H and O–H groups in total. The third-order valence-electron chi connectivity index (χ3n) is 15.9. The Balaban J connectivity index is 1.61. The fourth-order valence-electron chi connectivity index (χ4n) is 10.7. The van der Waals surface area contributed by atoms with Crippen molar-refractivity contribution in [1.82, 2.24) is 21.3 Å². The van der Waals surface area contributed by atoms with Gasteiger partial charge in [-0.1, -0.05) is 74.8 Å². The number of nitrogens with one attached hydrogen (secondary N) is 4. The van der Waals surface area contributed by atoms with E-state index in [1.54, 1.807) is 59.1 Å². The molecule has 0 fully saturated rings. The van der Waals surface area contributed by atoms with Crippen LogP contribution in [0.15, 0.2) is 121 Å². The van der Waals surface area contributed by atoms with Gasteiger partial charge in [-0.05, 0) is 232 Å². The summed E-state index contributed by atoms with van der Waals surface area (Å²) in [5.41, 5.74) is 8.22. The van der Waals surface area contributed by atoms with E-state index in [0.29, 0.717) is 79.7 Å². The summed E-state index contributed by atoms with van der Waals surface area (Å²) in [6, 6.07) is 25.4. The molecule has 3 unspecified atom stereocenters. The van der Waals surface area contributed by atoms with Crippen LogP contribution in [0.3, 0.4) is 0 Å². The van der Waals surface area contributed by atoms with Gasteiger partial charge in [-0.3, -0.25) is 0 Å². The minimum atomic E-state index is -3.31. The third kappa shape index (κ3) is 32.2. The lowest BCUT2D eigenvalue weighted by molar-refractivity contribution is -0.139. The molecule has 0 spiro atoms. The Hall–Kier alpha value is -8.49. The molecular formula is C74H106N4O20Si4. The zero-order valence-corrected chi connectivity index (χ0v) is 66.1. The van der Waals surface area contributed by atoms with Crippen molar-refractivity contribution in [2.45, 2.75) is 164 Å². The summed E-state index contributed by atoms with van der Waals surface area (Å²) < 4.78 is 72.2. The molecule has 0 bridgehead atoms. The molecule has 0 saturated heterocycles. The van der Waals surface area contributed by atoms with Crippen molar-refractivity contribution in [3.05, 3.63) is 166 Å². The van der Waals surface area contributed by atoms with Gasteiger partial charge in [-0.25, -0.2) is 38.4 Å². The minimum Gasteiger partial charge on any atom is -0.460 e. The zero-order valence-electron chi connectivity index (χ0n) is 62.1. The summed E-state index contributed by atoms with van der Waals surface area (Å²) in [4.78, 5) is 97.9. The third-order valence-corrected chi connectivity index (χ3v) is 33.0. The van der Waals surface area contributed by atoms with E-state index in [-0.39, 0.29) is 74.9 Å². The van der Waals surface area contributed by atoms with Gasteiger partial charge in [0.05, 0.1) is 26.2 Å². The molecule has 0 saturated carbocycles. The maximum atomic E-state index is 12.8. The van der Waals surface area contributed by atoms with Crippen molar-refractivity contribution in [3.63, 3.8) is 0 Å². The number of aryl methyl sites for hydroxylation is 8. The van der Waals surface area contributed by atoms with Crippen molar-refractivity contribution < 1.29 is 93.0 Å². The first kappa shape index (κ1) is 85.9. The average Bonchev–Trinajstić information content (AvgIpc) is 0.800. The summed E-state index contributed by atoms with van der Waals surface area (Å²) in [6.07, 6.45) is 2.89. The predicted molar refractivity (Wildman–Crippen MR) is 399 cm³/mol. The van der Waals surface area contributed by atoms with Crippen LogP contribution < -0.4 is 40.2 Å². The van der Waals surface area contributed by atoms with Crippen molar-refractivity contribution in [1.29, 1.82) is 0 Å². The number of benzene rings is 4. The van der Waals surface area contributed by atoms with Crippen LogP contribution in [0.4, 0.5) is 19.2 Å². The standard InChI is InChI=1S/C74H106N4O20Si4/c1-51(2)67(79)88-39-35-75-71(83)92-63-31-27-59(47-55(63)9)23-19-43-99(14,15)96-101(17,45-21-25-61-29-33-65(57(11)49-61)94-73(85)77-37-41-90-69(81)53(5)6)98-102(18,46-22-26-62-30-34-66(58(12)50-62)95-74(86)78-38-42-91-70(82)54(7)8)97-100(16,87-13)44-20-24-60-28-32-64(56(10)48-60)93-72(84)76-36-40-89-68(80)52(3)4/h27-34,47-50H,1,3,5,7,19-26,35-46H2,2,4,6,8-18H3,(H,75,83)(H,76,84)(H,77,85)(H,78,86). The predicted octanol–water partition coefficient (Wildman–Crippen LogP) is 13.7. The Labute approximate surface area is 605 Å². The number of rotatable bonds is 43. The van der Waals surface area contributed by atoms with Gasteiger partial charge >= 0.3 is 73.9 Å². The Bertz CT molecular complexity index is 3620. The fourth-order valence-corrected chi connectivity index (χ4v) is 30.2. The van der Waals surface area contributed by atoms with Gasteiger partial charge in [-0.2, -0.15) is 0 Å². The number of ether oxygens (including phenoxy) is 8. The first-order valence-electron chi connectivity index (χ1n) is 34.2. The molecule has 4 aromatic carbocycles. The molecule has 0 radical (unpaired) electrons. The Kier molecular flexibility index (Phi) is 35.5. The Morgan fingerprint density at radius 2 is 0.588 bits per heavy atom. The van der Waals surface area contributed by atoms with Crippen LogP contribution >= 0.6 is 0 Å². The van der Waals surface area contributed by atoms with Gasteiger partial charge in [0.25, 0.3) is 0 Å². The number of amides is 4. The second kappa shape index (κ2) is 42.2. The van der Waals surface area contributed by atoms with Crippen molar-refractivity contribution in [3.8, 4) is 23.0 Å². The van der Waals surface area contributed by atoms with E-state index in [4.69, 9.17) is 54.7 Å². The molecule has 0 aliphatic carbocycles. The van der Waals surface area contributed by atoms with E-state index in [1.165, 1.54) is 0 Å². The van der Waals surface area contributed by atoms with E-state index in [2.05, 4.69) is 80.3 Å². The quantitative estimate of drug-likeness (QED) is 0.0105. The highest BCUT2D eigenvalue weighted by atomic mass is 28.5. The topological polar surface area (TPSA) is 295 Å². The highest BCUT2D eigenvalue weighted by Gasteiger charge is 2.49. The number of hydrogen-bond donors (Lipinski definition) is 4. The lowest BCUT2D eigenvalue weighted by Crippen LogP contribution is -2.60. The SMILES string of the molecule is C=C(C)C(=O)OCCNC(=O)Oc1ccc(CCC[Si](C)(C)O[Si](C)(CCCc2ccc(OC(=O)NCCOC(=O)C(=C)C)c(C)c2)O[Si](C)(CCCc2ccc(OC(=O)NCCOC(=O)C(=C)C)c(C)c2)O[Si](C)(CCCc2ccc(OC(=O)NCCOC(=O)C(=C)C)c(C)c2)OC)cc1C. The molecule has 24 nitrogen and oxygen atoms in total. The van der Waals surface area contributed by atoms with Crippen LogP contribution in [-0.4, -0.2) is 142 Å². The van der Waals surface area contributed by atoms with E-state index in [0.717, 1.165) is 63.4 Å². The lowest BCUT2D eigenvalue weighted by Gasteiger charge is -2.44. The van der Waals surface area contributed by atoms with E-state index in [1.807, 2.05) is 76.2 Å². The maximum absolute atomic E-state index is 12.8. The van der Waals surface area contributed by atoms with E-state index < -0.39 is 82.3 Å². The maximum Gasteiger partial charge on any atom is 0.412 e. The summed E-state index contributed by atoms with van der Waals surface area (Å²) in [5, 5.41) is 10.4. The van der Waals surface area contributed by atoms with Gasteiger partial charge in [0.2, 0.25) is 0 Å². The van der Waals surface area contributed by atoms with Gasteiger partial charge in [0.1, 0.15) is 49.4 Å². The van der Waals surface area contributed by atoms with Gasteiger partial charge < -0.3 is 75.9 Å². The molecule has 4 aromatic rings. The van der Waals surface area contributed by atoms with Crippen molar-refractivity contribution >= 4 is 82.3 Å². The van der Waals surface area contributed by atoms with Crippen LogP contribution in [0.25, 0.3) is 0 Å². The molecule has 4 amide bonds. The molecular weight excluding hydrogens is 1380 g/mol. The molecule has 4 rings (SSSR count). The molecule has 3 atom stereocenters. The molecule has 102 heavy (non-hydrogen) atoms. The lowest BCUT2D eigenvalue weighted by atomic mass is 10.1. The van der Waals surface area contributed by atoms with Crippen LogP contribution in [0.2, 0.25) is 56.9 Å². The van der Waals surface area contributed by atoms with Crippen LogP contribution in [0, 0.1) is 27.7 Å². The highest BCUT2D eigenvalue weighted by Crippen LogP contribution is 2.36. The number of esters is 4. The second-order valence-electron chi connectivity index (χ2n) is 26.4. The number of hydrogen-bond acceptors (Lipinski definition) is 20. The largest absolute Gasteiger partial charge is 0.460 e. The average molecular weight is 1480 g/mol. The zero-order chi connectivity index (χ0) is 75.8. The molecule has 0 aliphatic rings. The molecule has 0 heterocycles. The summed E-state index contributed by atoms with van der Waals surface area (Å²) in [5.74, 6) is -0.625. The number of carbonyl (C=O) groups excluding carboxylic acids is 8. The first-order valence-corrected chi connectivity index (χ1v) is 44.9. The Morgan fingerprint density at radius 1 is 0.353 bits per heavy atom. The van der Waals surface area contributed by atoms with Gasteiger partial charge in [0.15, 0.2) is 8.32 Å². The van der Waals surface area contributed by atoms with Crippen LogP contribution in [0.1, 0.15) is 97.9 Å². The minimum absolute atomic E-state index is 0.0266. The molecule has 28 heteroatoms. The van der Waals surface area contributed by atoms with Gasteiger partial charge in [0, 0.05) is 29.4 Å². The van der Waals surface area contributed by atoms with E-state index in [9.17, 15) is 38.4 Å². The molecule has 0 aromatic heterocycles. The fraction of sp³-hybridized carbons (Fsp3) is 0.459. The monoisotopic (exact) mass is 1480 g/mol. The first-order chi connectivity index (χ1) is 48.0. The highest BCUT2D eigenvalue weighted by molar-refractivity contribution is 6.89. The van der Waals surface area contributed by atoms with Crippen LogP contribution in [0.5, 0.6) is 23.0 Å². The second-order valence-corrected chi connectivity index (χ2v) is 41.6. The smallest absolute Gasteiger partial charge is 0.412 e. The molecule has 558 valence electrons. The van der Waals surface area contributed by atoms with Crippen molar-refractivity contribution in [2.24, 2.45) is 0 Å². The number of carbonyl (C=O) groups is 8. The van der Waals surface area contributed by atoms with E-state index >= 15 is 0 Å². The summed E-state index contributed by atoms with van der Waals surface area (Å²) in [7, 11) is -10.5.